The molecule has 2 amide bonds. The van der Waals surface area contributed by atoms with Crippen LogP contribution in [0, 0.1) is 0 Å². The standard InChI is InChI=1S/C23H31N3O2/c1-19(12-13-20-8-4-2-5-9-20)24-23(27)25-22(21-10-6-3-7-11-21)18-26-14-16-28-17-15-26/h2-11,19,22H,12-18H2,1H3,(H2,24,25,27)/t19-,22-/m1/s1. The number of hydrogen-bond donors (Lipinski definition) is 2. The van der Waals surface area contributed by atoms with Gasteiger partial charge < -0.3 is 15.4 Å². The molecule has 1 heterocycles. The topological polar surface area (TPSA) is 53.6 Å². The SMILES string of the molecule is C[C@H](CCc1ccccc1)NC(=O)N[C@H](CN1CCOCC1)c1ccccc1. The van der Waals surface area contributed by atoms with Gasteiger partial charge in [0.05, 0.1) is 19.3 Å². The summed E-state index contributed by atoms with van der Waals surface area (Å²) in [6.07, 6.45) is 1.87. The van der Waals surface area contributed by atoms with Crippen LogP contribution in [0.15, 0.2) is 60.7 Å². The predicted octanol–water partition coefficient (Wildman–Crippen LogP) is 3.38. The molecule has 2 N–H and O–H groups in total. The van der Waals surface area contributed by atoms with Crippen LogP contribution in [0.3, 0.4) is 0 Å². The molecule has 0 radical (unpaired) electrons. The Balaban J connectivity index is 1.52. The third kappa shape index (κ3) is 6.66. The monoisotopic (exact) mass is 381 g/mol. The number of ether oxygens (including phenoxy) is 1. The zero-order valence-electron chi connectivity index (χ0n) is 16.6. The largest absolute Gasteiger partial charge is 0.379 e. The third-order valence-corrected chi connectivity index (χ3v) is 5.14. The summed E-state index contributed by atoms with van der Waals surface area (Å²) in [6.45, 7) is 6.16. The van der Waals surface area contributed by atoms with Gasteiger partial charge in [0.25, 0.3) is 0 Å². The van der Waals surface area contributed by atoms with Gasteiger partial charge in [-0.3, -0.25) is 4.90 Å². The van der Waals surface area contributed by atoms with E-state index < -0.39 is 0 Å². The fraction of sp³-hybridized carbons (Fsp3) is 0.435. The molecule has 0 spiro atoms. The average Bonchev–Trinajstić information content (AvgIpc) is 2.74. The van der Waals surface area contributed by atoms with Gasteiger partial charge in [-0.15, -0.1) is 0 Å². The molecule has 2 aromatic rings. The molecule has 28 heavy (non-hydrogen) atoms. The number of carbonyl (C=O) groups is 1. The quantitative estimate of drug-likeness (QED) is 0.737. The Morgan fingerprint density at radius 3 is 2.32 bits per heavy atom. The minimum Gasteiger partial charge on any atom is -0.379 e. The number of rotatable bonds is 8. The summed E-state index contributed by atoms with van der Waals surface area (Å²) in [6, 6.07) is 20.5. The Bertz CT molecular complexity index is 702. The molecule has 1 saturated heterocycles. The number of nitrogens with zero attached hydrogens (tertiary/aromatic N) is 1. The van der Waals surface area contributed by atoms with E-state index in [0.717, 1.165) is 51.3 Å². The number of hydrogen-bond acceptors (Lipinski definition) is 3. The van der Waals surface area contributed by atoms with Crippen LogP contribution in [0.4, 0.5) is 4.79 Å². The van der Waals surface area contributed by atoms with Crippen molar-refractivity contribution in [2.75, 3.05) is 32.8 Å². The number of nitrogens with one attached hydrogen (secondary N) is 2. The van der Waals surface area contributed by atoms with Crippen molar-refractivity contribution in [1.29, 1.82) is 0 Å². The number of aryl methyl sites for hydroxylation is 1. The molecule has 3 rings (SSSR count). The molecule has 0 aromatic heterocycles. The number of morpholine rings is 1. The van der Waals surface area contributed by atoms with Gasteiger partial charge in [0.15, 0.2) is 0 Å². The number of carbonyl (C=O) groups excluding carboxylic acids is 1. The Labute approximate surface area is 168 Å². The van der Waals surface area contributed by atoms with Crippen molar-refractivity contribution in [3.05, 3.63) is 71.8 Å². The summed E-state index contributed by atoms with van der Waals surface area (Å²) >= 11 is 0. The lowest BCUT2D eigenvalue weighted by Gasteiger charge is -2.31. The first-order chi connectivity index (χ1) is 13.7. The summed E-state index contributed by atoms with van der Waals surface area (Å²) in [5.74, 6) is 0. The van der Waals surface area contributed by atoms with Gasteiger partial charge in [-0.05, 0) is 30.9 Å². The summed E-state index contributed by atoms with van der Waals surface area (Å²) in [5, 5.41) is 6.27. The fourth-order valence-corrected chi connectivity index (χ4v) is 3.49. The van der Waals surface area contributed by atoms with Gasteiger partial charge in [0.2, 0.25) is 0 Å². The van der Waals surface area contributed by atoms with Crippen molar-refractivity contribution in [2.24, 2.45) is 0 Å². The van der Waals surface area contributed by atoms with Gasteiger partial charge in [0.1, 0.15) is 0 Å². The molecule has 0 bridgehead atoms. The van der Waals surface area contributed by atoms with Crippen LogP contribution in [-0.2, 0) is 11.2 Å². The predicted molar refractivity (Wildman–Crippen MR) is 112 cm³/mol. The fourth-order valence-electron chi connectivity index (χ4n) is 3.49. The summed E-state index contributed by atoms with van der Waals surface area (Å²) in [4.78, 5) is 15.0. The zero-order valence-corrected chi connectivity index (χ0v) is 16.6. The van der Waals surface area contributed by atoms with Crippen molar-refractivity contribution in [3.63, 3.8) is 0 Å². The van der Waals surface area contributed by atoms with Crippen LogP contribution in [0.5, 0.6) is 0 Å². The maximum atomic E-state index is 12.6. The first-order valence-corrected chi connectivity index (χ1v) is 10.2. The van der Waals surface area contributed by atoms with Gasteiger partial charge in [0, 0.05) is 25.7 Å². The van der Waals surface area contributed by atoms with Crippen LogP contribution in [0.25, 0.3) is 0 Å². The van der Waals surface area contributed by atoms with E-state index in [1.807, 2.05) is 24.3 Å². The summed E-state index contributed by atoms with van der Waals surface area (Å²) in [7, 11) is 0. The third-order valence-electron chi connectivity index (χ3n) is 5.14. The van der Waals surface area contributed by atoms with E-state index in [-0.39, 0.29) is 18.1 Å². The number of urea groups is 1. The lowest BCUT2D eigenvalue weighted by atomic mass is 10.1. The molecule has 0 saturated carbocycles. The van der Waals surface area contributed by atoms with E-state index in [1.165, 1.54) is 5.56 Å². The molecular weight excluding hydrogens is 350 g/mol. The normalized spacial score (nSPS) is 16.9. The molecule has 2 aromatic carbocycles. The highest BCUT2D eigenvalue weighted by molar-refractivity contribution is 5.74. The Hall–Kier alpha value is -2.37. The van der Waals surface area contributed by atoms with E-state index in [0.29, 0.717) is 0 Å². The number of amides is 2. The second-order valence-electron chi connectivity index (χ2n) is 7.42. The molecule has 1 fully saturated rings. The second-order valence-corrected chi connectivity index (χ2v) is 7.42. The van der Waals surface area contributed by atoms with E-state index >= 15 is 0 Å². The molecular formula is C23H31N3O2. The highest BCUT2D eigenvalue weighted by Crippen LogP contribution is 2.15. The Morgan fingerprint density at radius 2 is 1.64 bits per heavy atom. The van der Waals surface area contributed by atoms with Crippen LogP contribution in [0.2, 0.25) is 0 Å². The minimum atomic E-state index is -0.109. The number of benzene rings is 2. The maximum Gasteiger partial charge on any atom is 0.315 e. The summed E-state index contributed by atoms with van der Waals surface area (Å²) in [5.41, 5.74) is 2.42. The van der Waals surface area contributed by atoms with Crippen LogP contribution >= 0.6 is 0 Å². The Kier molecular flexibility index (Phi) is 7.88. The van der Waals surface area contributed by atoms with Crippen LogP contribution < -0.4 is 10.6 Å². The van der Waals surface area contributed by atoms with E-state index in [2.05, 4.69) is 58.9 Å². The van der Waals surface area contributed by atoms with E-state index in [4.69, 9.17) is 4.74 Å². The maximum absolute atomic E-state index is 12.6. The first-order valence-electron chi connectivity index (χ1n) is 10.2. The van der Waals surface area contributed by atoms with Crippen LogP contribution in [0.1, 0.15) is 30.5 Å². The van der Waals surface area contributed by atoms with Gasteiger partial charge in [-0.2, -0.15) is 0 Å². The lowest BCUT2D eigenvalue weighted by molar-refractivity contribution is 0.0339. The second kappa shape index (κ2) is 10.8. The Morgan fingerprint density at radius 1 is 1.00 bits per heavy atom. The van der Waals surface area contributed by atoms with Gasteiger partial charge in [-0.1, -0.05) is 60.7 Å². The van der Waals surface area contributed by atoms with Crippen molar-refractivity contribution in [3.8, 4) is 0 Å². The molecule has 150 valence electrons. The molecule has 5 nitrogen and oxygen atoms in total. The highest BCUT2D eigenvalue weighted by atomic mass is 16.5. The van der Waals surface area contributed by atoms with Gasteiger partial charge >= 0.3 is 6.03 Å². The van der Waals surface area contributed by atoms with Gasteiger partial charge in [-0.25, -0.2) is 4.79 Å². The molecule has 5 heteroatoms. The first kappa shape index (κ1) is 20.4. The zero-order chi connectivity index (χ0) is 19.6. The lowest BCUT2D eigenvalue weighted by Crippen LogP contribution is -2.47. The molecule has 2 atom stereocenters. The van der Waals surface area contributed by atoms with E-state index in [9.17, 15) is 4.79 Å². The molecule has 1 aliphatic rings. The summed E-state index contributed by atoms with van der Waals surface area (Å²) < 4.78 is 5.44. The average molecular weight is 382 g/mol. The highest BCUT2D eigenvalue weighted by Gasteiger charge is 2.20. The van der Waals surface area contributed by atoms with Crippen LogP contribution in [-0.4, -0.2) is 49.8 Å². The van der Waals surface area contributed by atoms with E-state index in [1.54, 1.807) is 0 Å². The minimum absolute atomic E-state index is 0.0411. The van der Waals surface area contributed by atoms with Crippen molar-refractivity contribution in [2.45, 2.75) is 31.8 Å². The molecule has 1 aliphatic heterocycles. The molecule has 0 unspecified atom stereocenters. The molecule has 0 aliphatic carbocycles. The smallest absolute Gasteiger partial charge is 0.315 e. The van der Waals surface area contributed by atoms with Crippen molar-refractivity contribution in [1.82, 2.24) is 15.5 Å². The van der Waals surface area contributed by atoms with Crippen molar-refractivity contribution < 1.29 is 9.53 Å². The van der Waals surface area contributed by atoms with Crippen molar-refractivity contribution >= 4 is 6.03 Å².